The molecule has 0 unspecified atom stereocenters. The summed E-state index contributed by atoms with van der Waals surface area (Å²) in [6.07, 6.45) is 13.0. The van der Waals surface area contributed by atoms with Gasteiger partial charge in [-0.3, -0.25) is 9.59 Å². The van der Waals surface area contributed by atoms with Gasteiger partial charge in [0.1, 0.15) is 4.90 Å². The monoisotopic (exact) mass is 420 g/mol. The molecule has 0 radical (unpaired) electrons. The third-order valence-electron chi connectivity index (χ3n) is 5.92. The van der Waals surface area contributed by atoms with Crippen molar-refractivity contribution in [1.29, 1.82) is 0 Å². The Balaban J connectivity index is 1.52. The van der Waals surface area contributed by atoms with E-state index in [4.69, 9.17) is 0 Å². The summed E-state index contributed by atoms with van der Waals surface area (Å²) in [5.74, 6) is -0.722. The van der Waals surface area contributed by atoms with Crippen LogP contribution in [0.1, 0.15) is 87.4 Å². The zero-order chi connectivity index (χ0) is 20.7. The molecule has 1 aromatic carbocycles. The molecule has 2 aliphatic rings. The van der Waals surface area contributed by atoms with Gasteiger partial charge in [-0.1, -0.05) is 69.9 Å². The molecule has 1 fully saturated rings. The van der Waals surface area contributed by atoms with Gasteiger partial charge < -0.3 is 5.32 Å². The normalized spacial score (nSPS) is 21.1. The van der Waals surface area contributed by atoms with Crippen LogP contribution in [0.2, 0.25) is 0 Å². The molecule has 0 spiro atoms. The number of amides is 2. The Bertz CT molecular complexity index is 810. The van der Waals surface area contributed by atoms with Crippen molar-refractivity contribution in [3.05, 3.63) is 29.8 Å². The largest absolute Gasteiger partial charge is 0.353 e. The Morgan fingerprint density at radius 3 is 2.07 bits per heavy atom. The third-order valence-corrected chi connectivity index (χ3v) is 7.76. The number of nitrogens with zero attached hydrogens (tertiary/aromatic N) is 1. The van der Waals surface area contributed by atoms with Gasteiger partial charge in [0.25, 0.3) is 15.9 Å². The van der Waals surface area contributed by atoms with Crippen LogP contribution >= 0.6 is 0 Å². The van der Waals surface area contributed by atoms with Gasteiger partial charge in [0, 0.05) is 19.0 Å². The Morgan fingerprint density at radius 1 is 0.931 bits per heavy atom. The summed E-state index contributed by atoms with van der Waals surface area (Å²) in [5, 5.41) is 3.09. The van der Waals surface area contributed by atoms with E-state index < -0.39 is 15.9 Å². The second-order valence-electron chi connectivity index (χ2n) is 8.15. The fourth-order valence-corrected chi connectivity index (χ4v) is 5.83. The fourth-order valence-electron chi connectivity index (χ4n) is 4.26. The van der Waals surface area contributed by atoms with Crippen LogP contribution in [0.5, 0.6) is 0 Å². The van der Waals surface area contributed by atoms with E-state index in [0.717, 1.165) is 30.0 Å². The van der Waals surface area contributed by atoms with Gasteiger partial charge in [0.15, 0.2) is 0 Å². The molecule has 0 saturated heterocycles. The molecular weight excluding hydrogens is 388 g/mol. The van der Waals surface area contributed by atoms with Crippen LogP contribution in [0.3, 0.4) is 0 Å². The van der Waals surface area contributed by atoms with Gasteiger partial charge in [-0.15, -0.1) is 0 Å². The highest BCUT2D eigenvalue weighted by Gasteiger charge is 2.40. The minimum Gasteiger partial charge on any atom is -0.353 e. The average molecular weight is 421 g/mol. The topological polar surface area (TPSA) is 83.6 Å². The Morgan fingerprint density at radius 2 is 1.48 bits per heavy atom. The molecule has 0 bridgehead atoms. The van der Waals surface area contributed by atoms with Gasteiger partial charge in [-0.25, -0.2) is 12.7 Å². The second kappa shape index (κ2) is 10.2. The molecule has 0 aromatic heterocycles. The number of sulfonamides is 1. The number of rotatable bonds is 4. The van der Waals surface area contributed by atoms with E-state index in [9.17, 15) is 18.0 Å². The molecule has 3 rings (SSSR count). The van der Waals surface area contributed by atoms with Crippen molar-refractivity contribution < 1.29 is 18.0 Å². The first kappa shape index (κ1) is 21.8. The van der Waals surface area contributed by atoms with Gasteiger partial charge in [-0.05, 0) is 25.0 Å². The highest BCUT2D eigenvalue weighted by Crippen LogP contribution is 2.29. The van der Waals surface area contributed by atoms with Crippen molar-refractivity contribution >= 4 is 21.8 Å². The van der Waals surface area contributed by atoms with E-state index in [1.165, 1.54) is 57.1 Å². The highest BCUT2D eigenvalue weighted by molar-refractivity contribution is 7.90. The lowest BCUT2D eigenvalue weighted by Gasteiger charge is -2.21. The van der Waals surface area contributed by atoms with E-state index in [2.05, 4.69) is 5.32 Å². The molecule has 1 aliphatic heterocycles. The van der Waals surface area contributed by atoms with Crippen molar-refractivity contribution in [2.45, 2.75) is 88.0 Å². The second-order valence-corrected chi connectivity index (χ2v) is 9.98. The van der Waals surface area contributed by atoms with Crippen molar-refractivity contribution in [3.63, 3.8) is 0 Å². The van der Waals surface area contributed by atoms with E-state index in [1.54, 1.807) is 12.1 Å². The summed E-state index contributed by atoms with van der Waals surface area (Å²) < 4.78 is 26.0. The summed E-state index contributed by atoms with van der Waals surface area (Å²) in [6.45, 7) is -0.117. The van der Waals surface area contributed by atoms with Crippen LogP contribution in [0.25, 0.3) is 0 Å². The summed E-state index contributed by atoms with van der Waals surface area (Å²) in [6, 6.07) is 6.34. The molecule has 0 atom stereocenters. The SMILES string of the molecule is O=C(CCN1C(=O)c2ccccc2S1(=O)=O)NC1CCCCCCCCCCC1. The van der Waals surface area contributed by atoms with Crippen LogP contribution in [-0.2, 0) is 14.8 Å². The standard InChI is InChI=1S/C22H32N2O4S/c25-21(23-18-12-8-6-4-2-1-3-5-7-9-13-18)16-17-24-22(26)19-14-10-11-15-20(19)29(24,27)28/h10-11,14-15,18H,1-9,12-13,16-17H2,(H,23,25). The smallest absolute Gasteiger partial charge is 0.269 e. The van der Waals surface area contributed by atoms with E-state index >= 15 is 0 Å². The summed E-state index contributed by atoms with van der Waals surface area (Å²) in [5.41, 5.74) is 0.187. The van der Waals surface area contributed by atoms with Gasteiger partial charge >= 0.3 is 0 Å². The van der Waals surface area contributed by atoms with Crippen molar-refractivity contribution in [1.82, 2.24) is 9.62 Å². The van der Waals surface area contributed by atoms with Crippen LogP contribution < -0.4 is 5.32 Å². The van der Waals surface area contributed by atoms with Crippen molar-refractivity contribution in [3.8, 4) is 0 Å². The zero-order valence-corrected chi connectivity index (χ0v) is 17.9. The number of carbonyl (C=O) groups excluding carboxylic acids is 2. The fraction of sp³-hybridized carbons (Fsp3) is 0.636. The number of hydrogen-bond acceptors (Lipinski definition) is 4. The first-order valence-electron chi connectivity index (χ1n) is 11.0. The van der Waals surface area contributed by atoms with Gasteiger partial charge in [0.2, 0.25) is 5.91 Å². The minimum absolute atomic E-state index is 0.00451. The predicted molar refractivity (Wildman–Crippen MR) is 112 cm³/mol. The lowest BCUT2D eigenvalue weighted by molar-refractivity contribution is -0.121. The molecule has 2 amide bonds. The van der Waals surface area contributed by atoms with E-state index in [1.807, 2.05) is 0 Å². The molecule has 1 aliphatic carbocycles. The first-order valence-corrected chi connectivity index (χ1v) is 12.4. The lowest BCUT2D eigenvalue weighted by Crippen LogP contribution is -2.38. The van der Waals surface area contributed by atoms with E-state index in [0.29, 0.717) is 0 Å². The van der Waals surface area contributed by atoms with E-state index in [-0.39, 0.29) is 35.4 Å². The van der Waals surface area contributed by atoms with Crippen LogP contribution in [0.15, 0.2) is 29.2 Å². The van der Waals surface area contributed by atoms with Crippen LogP contribution in [-0.4, -0.2) is 37.1 Å². The first-order chi connectivity index (χ1) is 14.0. The molecular formula is C22H32N2O4S. The minimum atomic E-state index is -3.85. The Kier molecular flexibility index (Phi) is 7.70. The highest BCUT2D eigenvalue weighted by atomic mass is 32.2. The van der Waals surface area contributed by atoms with Crippen molar-refractivity contribution in [2.75, 3.05) is 6.54 Å². The molecule has 7 heteroatoms. The zero-order valence-electron chi connectivity index (χ0n) is 17.1. The lowest BCUT2D eigenvalue weighted by atomic mass is 9.98. The quantitative estimate of drug-likeness (QED) is 0.798. The number of carbonyl (C=O) groups is 2. The molecule has 6 nitrogen and oxygen atoms in total. The maximum atomic E-state index is 12.6. The average Bonchev–Trinajstić information content (AvgIpc) is 2.88. The van der Waals surface area contributed by atoms with Gasteiger partial charge in [0.05, 0.1) is 5.56 Å². The van der Waals surface area contributed by atoms with Gasteiger partial charge in [-0.2, -0.15) is 0 Å². The van der Waals surface area contributed by atoms with Crippen LogP contribution in [0.4, 0.5) is 0 Å². The molecule has 160 valence electrons. The van der Waals surface area contributed by atoms with Crippen molar-refractivity contribution in [2.24, 2.45) is 0 Å². The number of hydrogen-bond donors (Lipinski definition) is 1. The number of nitrogens with one attached hydrogen (secondary N) is 1. The number of fused-ring (bicyclic) bond motifs is 1. The Hall–Kier alpha value is -1.89. The maximum absolute atomic E-state index is 12.6. The molecule has 1 N–H and O–H groups in total. The Labute approximate surface area is 174 Å². The summed E-state index contributed by atoms with van der Waals surface area (Å²) >= 11 is 0. The third kappa shape index (κ3) is 5.59. The number of benzene rings is 1. The molecule has 29 heavy (non-hydrogen) atoms. The summed E-state index contributed by atoms with van der Waals surface area (Å²) in [7, 11) is -3.85. The molecule has 1 aromatic rings. The molecule has 1 saturated carbocycles. The predicted octanol–water partition coefficient (Wildman–Crippen LogP) is 4.01. The maximum Gasteiger partial charge on any atom is 0.269 e. The summed E-state index contributed by atoms with van der Waals surface area (Å²) in [4.78, 5) is 25.0. The van der Waals surface area contributed by atoms with Crippen LogP contribution in [0, 0.1) is 0 Å². The molecule has 1 heterocycles.